The number of rotatable bonds is 20. The van der Waals surface area contributed by atoms with Crippen LogP contribution in [0.15, 0.2) is 20.9 Å². The van der Waals surface area contributed by atoms with Crippen LogP contribution in [0.2, 0.25) is 0 Å². The van der Waals surface area contributed by atoms with Crippen LogP contribution in [0.1, 0.15) is 102 Å². The van der Waals surface area contributed by atoms with Gasteiger partial charge < -0.3 is 14.2 Å². The number of H-pyrrole nitrogens is 1. The van der Waals surface area contributed by atoms with E-state index in [1.165, 1.54) is 51.6 Å². The maximum atomic E-state index is 12.3. The Labute approximate surface area is 243 Å². The van der Waals surface area contributed by atoms with Crippen molar-refractivity contribution < 1.29 is 41.8 Å². The van der Waals surface area contributed by atoms with Crippen LogP contribution in [-0.4, -0.2) is 44.1 Å². The molecule has 1 fully saturated rings. The molecule has 0 aliphatic carbocycles. The van der Waals surface area contributed by atoms with Crippen molar-refractivity contribution in [3.8, 4) is 0 Å². The highest BCUT2D eigenvalue weighted by atomic mass is 31.3. The summed E-state index contributed by atoms with van der Waals surface area (Å²) in [4.78, 5) is 60.3. The first-order valence-corrected chi connectivity index (χ1v) is 17.1. The van der Waals surface area contributed by atoms with E-state index in [1.54, 1.807) is 0 Å². The van der Waals surface area contributed by atoms with Crippen molar-refractivity contribution in [1.29, 1.82) is 0 Å². The first kappa shape index (κ1) is 35.9. The molecule has 2 rings (SSSR count). The quantitative estimate of drug-likeness (QED) is 0.0546. The summed E-state index contributed by atoms with van der Waals surface area (Å²) >= 11 is 0. The second-order valence-electron chi connectivity index (χ2n) is 10.2. The molecule has 3 unspecified atom stereocenters. The fourth-order valence-corrected chi connectivity index (χ4v) is 6.52. The molecule has 1 aromatic rings. The van der Waals surface area contributed by atoms with Crippen LogP contribution in [0.25, 0.3) is 10.4 Å². The highest BCUT2D eigenvalue weighted by Gasteiger charge is 2.41. The highest BCUT2D eigenvalue weighted by molar-refractivity contribution is 7.61. The number of phosphoric ester groups is 2. The molecule has 5 atom stereocenters. The molecule has 0 radical (unpaired) electrons. The summed E-state index contributed by atoms with van der Waals surface area (Å²) < 4.78 is 44.5. The lowest BCUT2D eigenvalue weighted by Gasteiger charge is -2.19. The molecule has 0 bridgehead atoms. The molecule has 0 amide bonds. The topological polar surface area (TPSA) is 232 Å². The zero-order valence-electron chi connectivity index (χ0n) is 24.0. The van der Waals surface area contributed by atoms with Crippen molar-refractivity contribution in [2.45, 2.75) is 116 Å². The number of ether oxygens (including phenoxy) is 1. The number of aryl methyl sites for hydroxylation is 1. The fourth-order valence-electron chi connectivity index (χ4n) is 4.47. The molecule has 16 nitrogen and oxygen atoms in total. The van der Waals surface area contributed by atoms with Crippen molar-refractivity contribution >= 4 is 21.6 Å². The van der Waals surface area contributed by atoms with Gasteiger partial charge in [0.2, 0.25) is 0 Å². The fraction of sp³-hybridized carbons (Fsp3) is 0.792. The van der Waals surface area contributed by atoms with Gasteiger partial charge in [-0.3, -0.25) is 28.6 Å². The largest absolute Gasteiger partial charge is 0.538 e. The zero-order chi connectivity index (χ0) is 31.2. The Balaban J connectivity index is 1.77. The summed E-state index contributed by atoms with van der Waals surface area (Å²) in [6.45, 7) is 2.89. The number of aromatic amines is 1. The first-order chi connectivity index (χ1) is 19.9. The summed E-state index contributed by atoms with van der Waals surface area (Å²) in [6, 6.07) is -0.969. The van der Waals surface area contributed by atoms with Gasteiger partial charge in [-0.05, 0) is 18.9 Å². The molecule has 2 heterocycles. The van der Waals surface area contributed by atoms with E-state index in [-0.39, 0.29) is 18.4 Å². The number of carbonyl (C=O) groups excluding carboxylic acids is 1. The number of nitrogens with zero attached hydrogens (tertiary/aromatic N) is 4. The summed E-state index contributed by atoms with van der Waals surface area (Å²) in [5.74, 6) is -1.07. The maximum Gasteiger partial charge on any atom is 0.538 e. The van der Waals surface area contributed by atoms with Gasteiger partial charge in [0, 0.05) is 29.5 Å². The summed E-state index contributed by atoms with van der Waals surface area (Å²) in [5, 5.41) is 3.54. The third-order valence-corrected chi connectivity index (χ3v) is 9.23. The zero-order valence-corrected chi connectivity index (χ0v) is 25.7. The Morgan fingerprint density at radius 1 is 1.10 bits per heavy atom. The average Bonchev–Trinajstić information content (AvgIpc) is 3.30. The summed E-state index contributed by atoms with van der Waals surface area (Å²) in [6.07, 6.45) is 10.4. The van der Waals surface area contributed by atoms with Gasteiger partial charge in [0.05, 0.1) is 18.8 Å². The molecule has 1 saturated heterocycles. The third kappa shape index (κ3) is 12.9. The molecule has 0 spiro atoms. The predicted molar refractivity (Wildman–Crippen MR) is 151 cm³/mol. The van der Waals surface area contributed by atoms with Crippen molar-refractivity contribution in [1.82, 2.24) is 9.55 Å². The van der Waals surface area contributed by atoms with Crippen LogP contribution in [0.3, 0.4) is 0 Å². The van der Waals surface area contributed by atoms with Gasteiger partial charge in [0.25, 0.3) is 5.56 Å². The van der Waals surface area contributed by atoms with E-state index in [0.717, 1.165) is 30.3 Å². The minimum Gasteiger partial charge on any atom is -0.370 e. The predicted octanol–water partition coefficient (Wildman–Crippen LogP) is 5.29. The maximum absolute atomic E-state index is 12.3. The standard InChI is InChI=1S/C24H41N5O11P2/c1-3-4-5-6-7-8-9-10-11-12-13-14-22(30)39-42(35,36)40-41(33,34)37-17-20-19(27-28-25)15-21(38-20)29-16-18(2)23(31)26-24(29)32/h16,19-21H,3-15,17H2,1-2H3,(H,33,34)(H,35,36)(H,26,31,32)/t19?,20-,21-/m1/s1. The summed E-state index contributed by atoms with van der Waals surface area (Å²) in [7, 11) is -10.6. The van der Waals surface area contributed by atoms with E-state index in [0.29, 0.717) is 6.42 Å². The number of hydrogen-bond donors (Lipinski definition) is 3. The highest BCUT2D eigenvalue weighted by Crippen LogP contribution is 2.60. The van der Waals surface area contributed by atoms with Crippen LogP contribution in [0.5, 0.6) is 0 Å². The van der Waals surface area contributed by atoms with Gasteiger partial charge in [-0.2, -0.15) is 4.31 Å². The van der Waals surface area contributed by atoms with Crippen LogP contribution < -0.4 is 11.2 Å². The molecule has 0 aromatic carbocycles. The van der Waals surface area contributed by atoms with Gasteiger partial charge in [-0.25, -0.2) is 13.9 Å². The monoisotopic (exact) mass is 637 g/mol. The minimum atomic E-state index is -5.31. The van der Waals surface area contributed by atoms with Crippen LogP contribution in [0.4, 0.5) is 0 Å². The molecular weight excluding hydrogens is 596 g/mol. The molecule has 0 saturated carbocycles. The Kier molecular flexibility index (Phi) is 15.2. The lowest BCUT2D eigenvalue weighted by Crippen LogP contribution is -2.33. The minimum absolute atomic E-state index is 0.0464. The molecule has 42 heavy (non-hydrogen) atoms. The third-order valence-electron chi connectivity index (χ3n) is 6.67. The van der Waals surface area contributed by atoms with E-state index in [1.807, 2.05) is 0 Å². The van der Waals surface area contributed by atoms with Gasteiger partial charge in [-0.1, -0.05) is 76.2 Å². The number of nitrogens with one attached hydrogen (secondary N) is 1. The van der Waals surface area contributed by atoms with Gasteiger partial charge in [-0.15, -0.1) is 0 Å². The van der Waals surface area contributed by atoms with E-state index in [4.69, 9.17) is 14.8 Å². The van der Waals surface area contributed by atoms with E-state index < -0.39 is 57.8 Å². The number of aromatic nitrogens is 2. The van der Waals surface area contributed by atoms with Crippen LogP contribution in [-0.2, 0) is 32.0 Å². The molecule has 3 N–H and O–H groups in total. The Morgan fingerprint density at radius 2 is 1.69 bits per heavy atom. The molecule has 238 valence electrons. The number of unbranched alkanes of at least 4 members (excludes halogenated alkanes) is 10. The van der Waals surface area contributed by atoms with Crippen molar-refractivity contribution in [2.24, 2.45) is 5.11 Å². The second kappa shape index (κ2) is 17.7. The SMILES string of the molecule is CCCCCCCCCCCCCC(=O)OP(=O)(O)OP(=O)(O)OC[C@H]1O[C@@H](n2cc(C)c(=O)[nH]c2=O)CC1N=[N+]=[N-]. The van der Waals surface area contributed by atoms with Crippen LogP contribution >= 0.6 is 15.6 Å². The number of phosphoric acid groups is 2. The van der Waals surface area contributed by atoms with Crippen molar-refractivity contribution in [3.63, 3.8) is 0 Å². The number of azide groups is 1. The van der Waals surface area contributed by atoms with E-state index in [2.05, 4.69) is 30.8 Å². The smallest absolute Gasteiger partial charge is 0.370 e. The normalized spacial score (nSPS) is 21.3. The van der Waals surface area contributed by atoms with Gasteiger partial charge in [0.1, 0.15) is 6.23 Å². The number of hydrogen-bond acceptors (Lipinski definition) is 10. The molecule has 1 aliphatic heterocycles. The van der Waals surface area contributed by atoms with E-state index >= 15 is 0 Å². The Morgan fingerprint density at radius 3 is 2.29 bits per heavy atom. The lowest BCUT2D eigenvalue weighted by atomic mass is 10.1. The van der Waals surface area contributed by atoms with Gasteiger partial charge in [0.15, 0.2) is 0 Å². The Bertz CT molecular complexity index is 1280. The lowest BCUT2D eigenvalue weighted by molar-refractivity contribution is -0.135. The van der Waals surface area contributed by atoms with E-state index in [9.17, 15) is 33.3 Å². The molecule has 1 aromatic heterocycles. The first-order valence-electron chi connectivity index (χ1n) is 14.1. The second-order valence-corrected chi connectivity index (χ2v) is 13.1. The molecule has 1 aliphatic rings. The van der Waals surface area contributed by atoms with Crippen molar-refractivity contribution in [3.05, 3.63) is 43.0 Å². The Hall–Kier alpha value is -2.28. The average molecular weight is 638 g/mol. The molecule has 18 heteroatoms. The summed E-state index contributed by atoms with van der Waals surface area (Å²) in [5.41, 5.74) is 7.69. The molecular formula is C24H41N5O11P2. The van der Waals surface area contributed by atoms with Crippen molar-refractivity contribution in [2.75, 3.05) is 6.61 Å². The van der Waals surface area contributed by atoms with Gasteiger partial charge >= 0.3 is 27.3 Å². The number of carbonyl (C=O) groups is 1. The van der Waals surface area contributed by atoms with Crippen LogP contribution in [0, 0.1) is 6.92 Å².